The number of rotatable bonds is 20. The van der Waals surface area contributed by atoms with Crippen molar-refractivity contribution in [2.45, 2.75) is 168 Å². The van der Waals surface area contributed by atoms with Gasteiger partial charge in [0.15, 0.2) is 6.29 Å². The minimum atomic E-state index is -0.689. The molecule has 6 nitrogen and oxygen atoms in total. The van der Waals surface area contributed by atoms with E-state index in [2.05, 4.69) is 138 Å². The third kappa shape index (κ3) is 11.4. The van der Waals surface area contributed by atoms with Gasteiger partial charge in [-0.25, -0.2) is 0 Å². The Morgan fingerprint density at radius 2 is 1.16 bits per heavy atom. The van der Waals surface area contributed by atoms with Crippen molar-refractivity contribution in [1.82, 2.24) is 0 Å². The summed E-state index contributed by atoms with van der Waals surface area (Å²) in [7, 11) is 0. The van der Waals surface area contributed by atoms with E-state index in [9.17, 15) is 0 Å². The minimum absolute atomic E-state index is 0.00236. The van der Waals surface area contributed by atoms with Gasteiger partial charge < -0.3 is 28.4 Å². The second kappa shape index (κ2) is 22.4. The van der Waals surface area contributed by atoms with Gasteiger partial charge in [0.25, 0.3) is 0 Å². The average molecular weight is 909 g/mol. The van der Waals surface area contributed by atoms with E-state index >= 15 is 0 Å². The molecule has 0 bridgehead atoms. The fourth-order valence-corrected chi connectivity index (χ4v) is 13.8. The van der Waals surface area contributed by atoms with Crippen molar-refractivity contribution < 1.29 is 28.4 Å². The second-order valence-electron chi connectivity index (χ2n) is 22.1. The highest BCUT2D eigenvalue weighted by Crippen LogP contribution is 2.67. The molecule has 0 N–H and O–H groups in total. The van der Waals surface area contributed by atoms with Crippen molar-refractivity contribution in [3.63, 3.8) is 0 Å². The summed E-state index contributed by atoms with van der Waals surface area (Å²) in [6.45, 7) is 14.7. The largest absolute Gasteiger partial charge is 0.374 e. The molecule has 1 heterocycles. The zero-order chi connectivity index (χ0) is 46.2. The lowest BCUT2D eigenvalue weighted by Gasteiger charge is -2.58. The van der Waals surface area contributed by atoms with Crippen LogP contribution in [0.5, 0.6) is 0 Å². The van der Waals surface area contributed by atoms with E-state index in [1.807, 2.05) is 24.3 Å². The first-order chi connectivity index (χ1) is 32.7. The molecule has 1 aliphatic heterocycles. The Morgan fingerprint density at radius 3 is 1.76 bits per heavy atom. The summed E-state index contributed by atoms with van der Waals surface area (Å²) in [5, 5.41) is 0. The van der Waals surface area contributed by atoms with Gasteiger partial charge in [0.2, 0.25) is 0 Å². The van der Waals surface area contributed by atoms with Crippen molar-refractivity contribution in [3.8, 4) is 0 Å². The molecule has 0 spiro atoms. The monoisotopic (exact) mass is 909 g/mol. The Morgan fingerprint density at radius 1 is 0.597 bits per heavy atom. The van der Waals surface area contributed by atoms with Crippen molar-refractivity contribution in [2.24, 2.45) is 46.3 Å². The molecule has 4 aromatic carbocycles. The Kier molecular flexibility index (Phi) is 16.2. The lowest BCUT2D eigenvalue weighted by Crippen LogP contribution is -2.62. The van der Waals surface area contributed by atoms with Gasteiger partial charge in [0, 0.05) is 0 Å². The zero-order valence-electron chi connectivity index (χ0n) is 41.3. The summed E-state index contributed by atoms with van der Waals surface area (Å²) in [5.41, 5.74) is 6.70. The normalized spacial score (nSPS) is 33.1. The average Bonchev–Trinajstić information content (AvgIpc) is 3.71. The molecule has 13 atom stereocenters. The van der Waals surface area contributed by atoms with E-state index in [1.54, 1.807) is 5.57 Å². The third-order valence-corrected chi connectivity index (χ3v) is 17.4. The van der Waals surface area contributed by atoms with E-state index in [0.717, 1.165) is 77.0 Å². The molecular weight excluding hydrogens is 829 g/mol. The molecule has 9 rings (SSSR count). The van der Waals surface area contributed by atoms with E-state index in [1.165, 1.54) is 51.4 Å². The number of hydrogen-bond donors (Lipinski definition) is 0. The molecule has 0 unspecified atom stereocenters. The highest BCUT2D eigenvalue weighted by molar-refractivity contribution is 5.26. The lowest BCUT2D eigenvalue weighted by atomic mass is 9.47. The predicted molar refractivity (Wildman–Crippen MR) is 268 cm³/mol. The maximum atomic E-state index is 7.35. The molecular formula is C61H80O6. The molecule has 4 fully saturated rings. The number of fused-ring (bicyclic) bond motifs is 5. The summed E-state index contributed by atoms with van der Waals surface area (Å²) >= 11 is 0. The maximum absolute atomic E-state index is 7.35. The van der Waals surface area contributed by atoms with Gasteiger partial charge in [-0.3, -0.25) is 0 Å². The Labute approximate surface area is 403 Å². The van der Waals surface area contributed by atoms with Gasteiger partial charge in [-0.2, -0.15) is 0 Å². The van der Waals surface area contributed by atoms with Crippen LogP contribution in [-0.2, 0) is 54.8 Å². The van der Waals surface area contributed by atoms with Gasteiger partial charge in [0.05, 0.1) is 39.1 Å². The van der Waals surface area contributed by atoms with Crippen molar-refractivity contribution in [3.05, 3.63) is 155 Å². The van der Waals surface area contributed by atoms with Crippen LogP contribution in [0.3, 0.4) is 0 Å². The van der Waals surface area contributed by atoms with Gasteiger partial charge in [-0.1, -0.05) is 187 Å². The molecule has 0 radical (unpaired) electrons. The van der Waals surface area contributed by atoms with Crippen LogP contribution in [0.4, 0.5) is 0 Å². The fourth-order valence-electron chi connectivity index (χ4n) is 13.8. The summed E-state index contributed by atoms with van der Waals surface area (Å²) in [4.78, 5) is 0. The van der Waals surface area contributed by atoms with Gasteiger partial charge in [-0.15, -0.1) is 0 Å². The minimum Gasteiger partial charge on any atom is -0.374 e. The molecule has 0 amide bonds. The highest BCUT2D eigenvalue weighted by atomic mass is 16.7. The third-order valence-electron chi connectivity index (χ3n) is 17.4. The summed E-state index contributed by atoms with van der Waals surface area (Å²) in [5.74, 6) is 4.89. The number of benzene rings is 4. The molecule has 1 saturated heterocycles. The lowest BCUT2D eigenvalue weighted by molar-refractivity contribution is -0.337. The van der Waals surface area contributed by atoms with Crippen LogP contribution in [0.1, 0.15) is 128 Å². The molecule has 0 aromatic heterocycles. The first-order valence-corrected chi connectivity index (χ1v) is 26.3. The Bertz CT molecular complexity index is 2130. The van der Waals surface area contributed by atoms with Gasteiger partial charge in [-0.05, 0) is 120 Å². The Balaban J connectivity index is 0.963. The first kappa shape index (κ1) is 48.4. The molecule has 6 heteroatoms. The topological polar surface area (TPSA) is 55.4 Å². The van der Waals surface area contributed by atoms with Crippen LogP contribution in [-0.4, -0.2) is 43.4 Å². The summed E-state index contributed by atoms with van der Waals surface area (Å²) in [6.07, 6.45) is 14.0. The van der Waals surface area contributed by atoms with Crippen LogP contribution in [0.25, 0.3) is 0 Å². The fraction of sp³-hybridized carbons (Fsp3) is 0.574. The van der Waals surface area contributed by atoms with Crippen LogP contribution in [0.2, 0.25) is 0 Å². The highest BCUT2D eigenvalue weighted by Gasteiger charge is 2.59. The Hall–Kier alpha value is -3.62. The molecule has 3 saturated carbocycles. The van der Waals surface area contributed by atoms with Crippen molar-refractivity contribution >= 4 is 0 Å². The van der Waals surface area contributed by atoms with Crippen LogP contribution >= 0.6 is 0 Å². The van der Waals surface area contributed by atoms with E-state index in [-0.39, 0.29) is 11.5 Å². The molecule has 5 aliphatic rings. The smallest absolute Gasteiger partial charge is 0.187 e. The molecule has 4 aliphatic carbocycles. The van der Waals surface area contributed by atoms with Crippen LogP contribution < -0.4 is 0 Å². The van der Waals surface area contributed by atoms with Crippen molar-refractivity contribution in [1.29, 1.82) is 0 Å². The van der Waals surface area contributed by atoms with Crippen molar-refractivity contribution in [2.75, 3.05) is 6.61 Å². The quantitative estimate of drug-likeness (QED) is 0.0824. The SMILES string of the molecule is CC(C)CCC[C@@H](C)[C@H]1CC[C@H]2[C@@H]3CC=C4C[C@@H](O[C@@H]5O[C@H](COCc6ccccc6)[C@@H](OCc6ccccc6)[C@H](OCc6ccccc6)[C@H]5OCc5ccccc5)CC[C@]4(C)[C@H]3CC[C@]12C. The predicted octanol–water partition coefficient (Wildman–Crippen LogP) is 14.1. The molecule has 4 aromatic rings. The summed E-state index contributed by atoms with van der Waals surface area (Å²) in [6, 6.07) is 41.5. The number of hydrogen-bond acceptors (Lipinski definition) is 6. The van der Waals surface area contributed by atoms with Gasteiger partial charge in [0.1, 0.15) is 24.4 Å². The van der Waals surface area contributed by atoms with E-state index < -0.39 is 30.7 Å². The standard InChI is InChI=1S/C61H80O6/c1-43(2)19-18-20-44(3)52-31-32-53-51-30-29-49-37-50(33-35-60(49,4)54(51)34-36-61(52,53)5)66-59-58(65-41-48-27-16-9-17-28-48)57(64-40-47-25-14-8-15-26-47)56(63-39-46-23-12-7-13-24-46)55(67-59)42-62-38-45-21-10-6-11-22-45/h6-17,21-29,43-44,50-59H,18-20,30-42H2,1-5H3/t44-,50+,51+,52-,53+,54+,55-,56-,57+,58-,59-,60+,61-/m1/s1. The number of ether oxygens (including phenoxy) is 6. The molecule has 67 heavy (non-hydrogen) atoms. The first-order valence-electron chi connectivity index (χ1n) is 26.3. The zero-order valence-corrected chi connectivity index (χ0v) is 41.3. The maximum Gasteiger partial charge on any atom is 0.187 e. The van der Waals surface area contributed by atoms with Crippen LogP contribution in [0, 0.1) is 46.3 Å². The van der Waals surface area contributed by atoms with Gasteiger partial charge >= 0.3 is 0 Å². The van der Waals surface area contributed by atoms with E-state index in [0.29, 0.717) is 38.4 Å². The summed E-state index contributed by atoms with van der Waals surface area (Å²) < 4.78 is 42.1. The number of allylic oxidation sites excluding steroid dienone is 1. The molecule has 360 valence electrons. The second-order valence-corrected chi connectivity index (χ2v) is 22.1. The van der Waals surface area contributed by atoms with E-state index in [4.69, 9.17) is 28.4 Å². The van der Waals surface area contributed by atoms with Crippen LogP contribution in [0.15, 0.2) is 133 Å².